The molecule has 0 aliphatic heterocycles. The molecule has 2 aromatic rings. The number of fused-ring (bicyclic) bond motifs is 1. The number of ether oxygens (including phenoxy) is 1. The van der Waals surface area contributed by atoms with Crippen LogP contribution in [0, 0.1) is 5.92 Å². The van der Waals surface area contributed by atoms with Crippen LogP contribution in [-0.2, 0) is 6.42 Å². The van der Waals surface area contributed by atoms with Crippen molar-refractivity contribution in [3.63, 3.8) is 0 Å². The molecule has 1 aliphatic carbocycles. The van der Waals surface area contributed by atoms with Gasteiger partial charge in [-0.25, -0.2) is 0 Å². The maximum absolute atomic E-state index is 12.3. The van der Waals surface area contributed by atoms with Crippen molar-refractivity contribution in [1.29, 1.82) is 0 Å². The quantitative estimate of drug-likeness (QED) is 0.780. The van der Waals surface area contributed by atoms with E-state index in [9.17, 15) is 4.79 Å². The lowest BCUT2D eigenvalue weighted by Gasteiger charge is -2.11. The van der Waals surface area contributed by atoms with Gasteiger partial charge in [0.2, 0.25) is 0 Å². The number of pyridine rings is 1. The smallest absolute Gasteiger partial charge is 0.255 e. The number of aromatic amines is 1. The molecule has 1 heterocycles. The van der Waals surface area contributed by atoms with Crippen molar-refractivity contribution >= 4 is 10.9 Å². The van der Waals surface area contributed by atoms with Crippen LogP contribution in [0.15, 0.2) is 29.1 Å². The molecule has 0 unspecified atom stereocenters. The second-order valence-electron chi connectivity index (χ2n) is 6.05. The van der Waals surface area contributed by atoms with Gasteiger partial charge in [0.25, 0.3) is 5.56 Å². The Labute approximate surface area is 125 Å². The molecule has 1 aliphatic rings. The standard InChI is InChI=1S/C18H23NO2/c1-21-17-14-8-5-6-10-16(14)19-18(20)15(17)9-4-2-3-7-13-11-12-13/h5-6,8,10,13H,2-4,7,9,11-12H2,1H3,(H,19,20). The van der Waals surface area contributed by atoms with Crippen molar-refractivity contribution < 1.29 is 4.74 Å². The molecule has 1 fully saturated rings. The molecule has 1 aromatic heterocycles. The molecule has 112 valence electrons. The second kappa shape index (κ2) is 6.33. The number of para-hydroxylation sites is 1. The van der Waals surface area contributed by atoms with E-state index in [1.807, 2.05) is 24.3 Å². The normalized spacial score (nSPS) is 14.5. The summed E-state index contributed by atoms with van der Waals surface area (Å²) in [7, 11) is 1.65. The topological polar surface area (TPSA) is 42.1 Å². The highest BCUT2D eigenvalue weighted by Gasteiger charge is 2.20. The molecule has 0 bridgehead atoms. The van der Waals surface area contributed by atoms with Crippen LogP contribution >= 0.6 is 0 Å². The van der Waals surface area contributed by atoms with E-state index in [-0.39, 0.29) is 5.56 Å². The van der Waals surface area contributed by atoms with Crippen LogP contribution in [-0.4, -0.2) is 12.1 Å². The first kappa shape index (κ1) is 14.2. The minimum absolute atomic E-state index is 0.00672. The van der Waals surface area contributed by atoms with Crippen molar-refractivity contribution in [3.05, 3.63) is 40.2 Å². The Hall–Kier alpha value is -1.77. The third kappa shape index (κ3) is 3.29. The molecule has 3 heteroatoms. The summed E-state index contributed by atoms with van der Waals surface area (Å²) in [6, 6.07) is 7.82. The van der Waals surface area contributed by atoms with E-state index in [1.54, 1.807) is 7.11 Å². The molecular formula is C18H23NO2. The Kier molecular flexibility index (Phi) is 4.28. The fraction of sp³-hybridized carbons (Fsp3) is 0.500. The van der Waals surface area contributed by atoms with Gasteiger partial charge < -0.3 is 9.72 Å². The minimum atomic E-state index is -0.00672. The lowest BCUT2D eigenvalue weighted by atomic mass is 10.0. The molecule has 0 amide bonds. The lowest BCUT2D eigenvalue weighted by Crippen LogP contribution is -2.14. The molecule has 0 radical (unpaired) electrons. The summed E-state index contributed by atoms with van der Waals surface area (Å²) < 4.78 is 5.52. The third-order valence-electron chi connectivity index (χ3n) is 4.41. The van der Waals surface area contributed by atoms with Gasteiger partial charge in [0, 0.05) is 5.39 Å². The van der Waals surface area contributed by atoms with Crippen molar-refractivity contribution in [1.82, 2.24) is 4.98 Å². The van der Waals surface area contributed by atoms with Gasteiger partial charge in [-0.05, 0) is 30.9 Å². The van der Waals surface area contributed by atoms with Gasteiger partial charge >= 0.3 is 0 Å². The van der Waals surface area contributed by atoms with E-state index in [1.165, 1.54) is 32.1 Å². The summed E-state index contributed by atoms with van der Waals surface area (Å²) in [4.78, 5) is 15.2. The number of H-pyrrole nitrogens is 1. The highest BCUT2D eigenvalue weighted by molar-refractivity contribution is 5.86. The third-order valence-corrected chi connectivity index (χ3v) is 4.41. The van der Waals surface area contributed by atoms with Crippen LogP contribution < -0.4 is 10.3 Å². The van der Waals surface area contributed by atoms with Crippen molar-refractivity contribution in [3.8, 4) is 5.75 Å². The van der Waals surface area contributed by atoms with Gasteiger partial charge in [-0.2, -0.15) is 0 Å². The van der Waals surface area contributed by atoms with Crippen molar-refractivity contribution in [2.75, 3.05) is 7.11 Å². The van der Waals surface area contributed by atoms with E-state index in [2.05, 4.69) is 4.98 Å². The molecule has 0 atom stereocenters. The number of methoxy groups -OCH3 is 1. The zero-order valence-electron chi connectivity index (χ0n) is 12.7. The van der Waals surface area contributed by atoms with Crippen LogP contribution in [0.2, 0.25) is 0 Å². The average Bonchev–Trinajstić information content (AvgIpc) is 3.31. The number of aromatic nitrogens is 1. The van der Waals surface area contributed by atoms with E-state index in [0.29, 0.717) is 0 Å². The first-order valence-electron chi connectivity index (χ1n) is 7.97. The lowest BCUT2D eigenvalue weighted by molar-refractivity contribution is 0.412. The molecular weight excluding hydrogens is 262 g/mol. The summed E-state index contributed by atoms with van der Waals surface area (Å²) in [5.41, 5.74) is 1.63. The molecule has 0 saturated heterocycles. The Balaban J connectivity index is 1.73. The predicted octanol–water partition coefficient (Wildman–Crippen LogP) is 4.05. The fourth-order valence-electron chi connectivity index (χ4n) is 3.03. The Morgan fingerprint density at radius 2 is 2.00 bits per heavy atom. The van der Waals surface area contributed by atoms with Gasteiger partial charge in [-0.3, -0.25) is 4.79 Å². The van der Waals surface area contributed by atoms with Crippen molar-refractivity contribution in [2.24, 2.45) is 5.92 Å². The van der Waals surface area contributed by atoms with E-state index in [0.717, 1.165) is 41.0 Å². The summed E-state index contributed by atoms with van der Waals surface area (Å²) in [6.07, 6.45) is 8.57. The molecule has 1 aromatic carbocycles. The van der Waals surface area contributed by atoms with Gasteiger partial charge in [-0.1, -0.05) is 44.2 Å². The highest BCUT2D eigenvalue weighted by atomic mass is 16.5. The summed E-state index contributed by atoms with van der Waals surface area (Å²) in [5.74, 6) is 1.75. The fourth-order valence-corrected chi connectivity index (χ4v) is 3.03. The molecule has 0 spiro atoms. The summed E-state index contributed by atoms with van der Waals surface area (Å²) in [6.45, 7) is 0. The maximum Gasteiger partial charge on any atom is 0.255 e. The van der Waals surface area contributed by atoms with Gasteiger partial charge in [-0.15, -0.1) is 0 Å². The minimum Gasteiger partial charge on any atom is -0.496 e. The first-order valence-corrected chi connectivity index (χ1v) is 7.97. The van der Waals surface area contributed by atoms with Crippen LogP contribution in [0.4, 0.5) is 0 Å². The largest absolute Gasteiger partial charge is 0.496 e. The average molecular weight is 285 g/mol. The van der Waals surface area contributed by atoms with Crippen LogP contribution in [0.1, 0.15) is 44.1 Å². The Bertz CT molecular complexity index is 670. The number of hydrogen-bond donors (Lipinski definition) is 1. The number of unbranched alkanes of at least 4 members (excludes halogenated alkanes) is 2. The molecule has 1 saturated carbocycles. The van der Waals surface area contributed by atoms with Crippen LogP contribution in [0.25, 0.3) is 10.9 Å². The van der Waals surface area contributed by atoms with Crippen LogP contribution in [0.5, 0.6) is 5.75 Å². The Morgan fingerprint density at radius 3 is 2.76 bits per heavy atom. The maximum atomic E-state index is 12.3. The highest BCUT2D eigenvalue weighted by Crippen LogP contribution is 2.34. The van der Waals surface area contributed by atoms with E-state index < -0.39 is 0 Å². The number of nitrogens with one attached hydrogen (secondary N) is 1. The first-order chi connectivity index (χ1) is 10.3. The number of benzene rings is 1. The predicted molar refractivity (Wildman–Crippen MR) is 86.0 cm³/mol. The summed E-state index contributed by atoms with van der Waals surface area (Å²) >= 11 is 0. The zero-order chi connectivity index (χ0) is 14.7. The summed E-state index contributed by atoms with van der Waals surface area (Å²) in [5, 5.41) is 0.993. The zero-order valence-corrected chi connectivity index (χ0v) is 12.7. The van der Waals surface area contributed by atoms with Gasteiger partial charge in [0.15, 0.2) is 0 Å². The second-order valence-corrected chi connectivity index (χ2v) is 6.05. The Morgan fingerprint density at radius 1 is 1.19 bits per heavy atom. The van der Waals surface area contributed by atoms with Crippen LogP contribution in [0.3, 0.4) is 0 Å². The molecule has 1 N–H and O–H groups in total. The number of hydrogen-bond acceptors (Lipinski definition) is 2. The molecule has 21 heavy (non-hydrogen) atoms. The van der Waals surface area contributed by atoms with Crippen molar-refractivity contribution in [2.45, 2.75) is 44.9 Å². The molecule has 3 nitrogen and oxygen atoms in total. The van der Waals surface area contributed by atoms with Gasteiger partial charge in [0.05, 0.1) is 18.2 Å². The van der Waals surface area contributed by atoms with Gasteiger partial charge in [0.1, 0.15) is 5.75 Å². The number of rotatable bonds is 7. The van der Waals surface area contributed by atoms with E-state index in [4.69, 9.17) is 4.74 Å². The van der Waals surface area contributed by atoms with E-state index >= 15 is 0 Å². The molecule has 3 rings (SSSR count). The SMILES string of the molecule is COc1c(CCCCCC2CC2)c(=O)[nH]c2ccccc12. The monoisotopic (exact) mass is 285 g/mol.